The fourth-order valence-corrected chi connectivity index (χ4v) is 6.00. The lowest BCUT2D eigenvalue weighted by Gasteiger charge is -2.31. The number of hydrogen-bond acceptors (Lipinski definition) is 6. The zero-order chi connectivity index (χ0) is 31.9. The number of anilines is 2. The van der Waals surface area contributed by atoms with Gasteiger partial charge in [0.1, 0.15) is 18.0 Å². The molecule has 3 aromatic rings. The standard InChI is InChI=1S/C34H28Cl2F3N3O3/c1-42(26-10-8-25(36)9-11-26)27-12-13-30(40-18-27)32(43)22-3-2-21(29(15-22)33(44)19-45-33)14-23-17-41-31(34(37,38)39)16-28(23)20-4-6-24(35)7-5-20/h2-13,16,18,23,29,44H,14-15,17,19H2,1H3. The van der Waals surface area contributed by atoms with Gasteiger partial charge in [-0.05, 0) is 78.6 Å². The molecule has 0 saturated carbocycles. The number of aliphatic imine (C=N–C) groups is 1. The van der Waals surface area contributed by atoms with Crippen molar-refractivity contribution in [2.75, 3.05) is 25.1 Å². The van der Waals surface area contributed by atoms with Crippen molar-refractivity contribution in [2.24, 2.45) is 16.8 Å². The number of alkyl halides is 3. The van der Waals surface area contributed by atoms with Crippen LogP contribution in [0.25, 0.3) is 5.57 Å². The van der Waals surface area contributed by atoms with Gasteiger partial charge in [0.15, 0.2) is 5.79 Å². The molecule has 3 unspecified atom stereocenters. The summed E-state index contributed by atoms with van der Waals surface area (Å²) in [6, 6.07) is 17.4. The molecule has 2 aliphatic heterocycles. The van der Waals surface area contributed by atoms with Gasteiger partial charge >= 0.3 is 6.18 Å². The van der Waals surface area contributed by atoms with Crippen molar-refractivity contribution >= 4 is 51.6 Å². The molecule has 1 fully saturated rings. The number of hydrogen-bond donors (Lipinski definition) is 1. The maximum absolute atomic E-state index is 13.6. The zero-order valence-corrected chi connectivity index (χ0v) is 25.6. The molecule has 6 nitrogen and oxygen atoms in total. The predicted octanol–water partition coefficient (Wildman–Crippen LogP) is 8.04. The number of dihydropyridines is 1. The van der Waals surface area contributed by atoms with Gasteiger partial charge in [0.2, 0.25) is 5.78 Å². The van der Waals surface area contributed by atoms with E-state index in [0.29, 0.717) is 33.2 Å². The molecule has 1 aromatic heterocycles. The lowest BCUT2D eigenvalue weighted by Crippen LogP contribution is -2.31. The van der Waals surface area contributed by atoms with E-state index in [-0.39, 0.29) is 31.0 Å². The van der Waals surface area contributed by atoms with Crippen LogP contribution >= 0.6 is 23.2 Å². The van der Waals surface area contributed by atoms with E-state index in [4.69, 9.17) is 27.9 Å². The Hall–Kier alpha value is -3.76. The number of Topliss-reactive ketones (excluding diaryl/α,β-unsaturated/α-hetero) is 1. The van der Waals surface area contributed by atoms with Crippen LogP contribution in [0.3, 0.4) is 0 Å². The van der Waals surface area contributed by atoms with Gasteiger partial charge in [0.05, 0.1) is 11.9 Å². The Morgan fingerprint density at radius 3 is 2.27 bits per heavy atom. The first kappa shape index (κ1) is 31.2. The van der Waals surface area contributed by atoms with Crippen molar-refractivity contribution in [3.05, 3.63) is 118 Å². The molecule has 1 saturated heterocycles. The number of pyridine rings is 1. The summed E-state index contributed by atoms with van der Waals surface area (Å²) >= 11 is 12.0. The molecule has 232 valence electrons. The monoisotopic (exact) mass is 653 g/mol. The Morgan fingerprint density at radius 1 is 1.02 bits per heavy atom. The molecule has 1 aliphatic carbocycles. The topological polar surface area (TPSA) is 78.3 Å². The van der Waals surface area contributed by atoms with Crippen molar-refractivity contribution in [2.45, 2.75) is 24.8 Å². The number of allylic oxidation sites excluding steroid dienone is 4. The number of aliphatic hydroxyl groups is 1. The average Bonchev–Trinajstić information content (AvgIpc) is 3.79. The summed E-state index contributed by atoms with van der Waals surface area (Å²) in [6.07, 6.45) is 2.11. The third kappa shape index (κ3) is 6.77. The lowest BCUT2D eigenvalue weighted by molar-refractivity contribution is -0.0580. The Bertz CT molecular complexity index is 1730. The molecule has 0 amide bonds. The number of halogens is 5. The Morgan fingerprint density at radius 2 is 1.67 bits per heavy atom. The van der Waals surface area contributed by atoms with Crippen molar-refractivity contribution in [3.8, 4) is 0 Å². The number of carbonyl (C=O) groups excluding carboxylic acids is 1. The first-order valence-corrected chi connectivity index (χ1v) is 15.0. The summed E-state index contributed by atoms with van der Waals surface area (Å²) in [7, 11) is 1.88. The highest BCUT2D eigenvalue weighted by molar-refractivity contribution is 6.31. The van der Waals surface area contributed by atoms with Gasteiger partial charge in [0, 0.05) is 46.7 Å². The van der Waals surface area contributed by atoms with E-state index in [1.807, 2.05) is 24.1 Å². The summed E-state index contributed by atoms with van der Waals surface area (Å²) in [4.78, 5) is 23.7. The molecular weight excluding hydrogens is 626 g/mol. The number of aromatic nitrogens is 1. The van der Waals surface area contributed by atoms with Gasteiger partial charge in [-0.15, -0.1) is 0 Å². The second-order valence-electron chi connectivity index (χ2n) is 11.3. The molecule has 3 heterocycles. The van der Waals surface area contributed by atoms with Crippen LogP contribution in [0.15, 0.2) is 101 Å². The van der Waals surface area contributed by atoms with Crippen LogP contribution in [-0.2, 0) is 4.74 Å². The molecule has 6 rings (SSSR count). The van der Waals surface area contributed by atoms with E-state index in [1.165, 1.54) is 0 Å². The molecule has 0 spiro atoms. The van der Waals surface area contributed by atoms with E-state index < -0.39 is 29.5 Å². The van der Waals surface area contributed by atoms with Gasteiger partial charge in [-0.25, -0.2) is 0 Å². The van der Waals surface area contributed by atoms with Gasteiger partial charge < -0.3 is 14.7 Å². The second kappa shape index (κ2) is 12.2. The minimum Gasteiger partial charge on any atom is -0.363 e. The van der Waals surface area contributed by atoms with E-state index in [2.05, 4.69) is 9.98 Å². The zero-order valence-electron chi connectivity index (χ0n) is 24.1. The van der Waals surface area contributed by atoms with Crippen molar-refractivity contribution in [1.82, 2.24) is 4.98 Å². The summed E-state index contributed by atoms with van der Waals surface area (Å²) < 4.78 is 46.2. The van der Waals surface area contributed by atoms with E-state index in [1.54, 1.807) is 66.9 Å². The number of ketones is 1. The maximum Gasteiger partial charge on any atom is 0.432 e. The highest BCUT2D eigenvalue weighted by Crippen LogP contribution is 2.46. The molecule has 11 heteroatoms. The number of carbonyl (C=O) groups is 1. The maximum atomic E-state index is 13.6. The smallest absolute Gasteiger partial charge is 0.363 e. The number of ether oxygens (including phenoxy) is 1. The minimum absolute atomic E-state index is 0.0805. The van der Waals surface area contributed by atoms with Gasteiger partial charge in [-0.2, -0.15) is 13.2 Å². The third-order valence-electron chi connectivity index (χ3n) is 8.39. The molecule has 1 N–H and O–H groups in total. The summed E-state index contributed by atoms with van der Waals surface area (Å²) in [5.41, 5.74) is 3.31. The average molecular weight is 655 g/mol. The number of rotatable bonds is 8. The van der Waals surface area contributed by atoms with Crippen LogP contribution in [0.1, 0.15) is 28.9 Å². The lowest BCUT2D eigenvalue weighted by atomic mass is 9.75. The summed E-state index contributed by atoms with van der Waals surface area (Å²) in [5, 5.41) is 12.2. The number of epoxide rings is 1. The van der Waals surface area contributed by atoms with Crippen LogP contribution in [0.2, 0.25) is 10.0 Å². The second-order valence-corrected chi connectivity index (χ2v) is 12.2. The van der Waals surface area contributed by atoms with Crippen molar-refractivity contribution in [3.63, 3.8) is 0 Å². The number of benzene rings is 2. The highest BCUT2D eigenvalue weighted by atomic mass is 35.5. The predicted molar refractivity (Wildman–Crippen MR) is 169 cm³/mol. The Labute approximate surface area is 268 Å². The Kier molecular flexibility index (Phi) is 8.47. The van der Waals surface area contributed by atoms with Gasteiger partial charge in [-0.3, -0.25) is 14.8 Å². The van der Waals surface area contributed by atoms with Crippen molar-refractivity contribution < 1.29 is 27.8 Å². The fraction of sp³-hybridized carbons (Fsp3) is 0.265. The molecule has 0 radical (unpaired) electrons. The fourth-order valence-electron chi connectivity index (χ4n) is 5.75. The number of nitrogens with zero attached hydrogens (tertiary/aromatic N) is 3. The molecule has 2 aromatic carbocycles. The largest absolute Gasteiger partial charge is 0.432 e. The highest BCUT2D eigenvalue weighted by Gasteiger charge is 2.52. The Balaban J connectivity index is 1.24. The first-order chi connectivity index (χ1) is 21.4. The first-order valence-electron chi connectivity index (χ1n) is 14.3. The van der Waals surface area contributed by atoms with E-state index >= 15 is 0 Å². The molecule has 3 atom stereocenters. The van der Waals surface area contributed by atoms with Crippen molar-refractivity contribution in [1.29, 1.82) is 0 Å². The molecule has 3 aliphatic rings. The summed E-state index contributed by atoms with van der Waals surface area (Å²) in [5.74, 6) is -2.69. The quantitative estimate of drug-likeness (QED) is 0.197. The van der Waals surface area contributed by atoms with Gasteiger partial charge in [-0.1, -0.05) is 53.1 Å². The summed E-state index contributed by atoms with van der Waals surface area (Å²) in [6.45, 7) is 0.0181. The van der Waals surface area contributed by atoms with Crippen LogP contribution in [0.4, 0.5) is 24.5 Å². The van der Waals surface area contributed by atoms with Crippen LogP contribution < -0.4 is 4.90 Å². The normalized spacial score (nSPS) is 23.0. The van der Waals surface area contributed by atoms with E-state index in [9.17, 15) is 23.1 Å². The van der Waals surface area contributed by atoms with Crippen LogP contribution in [-0.4, -0.2) is 53.7 Å². The van der Waals surface area contributed by atoms with E-state index in [0.717, 1.165) is 23.0 Å². The third-order valence-corrected chi connectivity index (χ3v) is 8.90. The molecule has 0 bridgehead atoms. The minimum atomic E-state index is -4.58. The molecule has 45 heavy (non-hydrogen) atoms. The van der Waals surface area contributed by atoms with Crippen LogP contribution in [0, 0.1) is 11.8 Å². The van der Waals surface area contributed by atoms with Crippen LogP contribution in [0.5, 0.6) is 0 Å². The SMILES string of the molecule is CN(c1ccc(Cl)cc1)c1ccc(C(=O)C2=CC=C(CC3CN=C(C(F)(F)F)C=C3c3ccc(Cl)cc3)C(C3(O)CO3)C2)nc1. The van der Waals surface area contributed by atoms with Gasteiger partial charge in [0.25, 0.3) is 0 Å². The molecular formula is C34H28Cl2F3N3O3.